The minimum absolute atomic E-state index is 0.335. The van der Waals surface area contributed by atoms with E-state index in [1.807, 2.05) is 36.4 Å². The van der Waals surface area contributed by atoms with Crippen molar-refractivity contribution < 1.29 is 9.84 Å². The van der Waals surface area contributed by atoms with E-state index < -0.39 is 0 Å². The number of nitrogens with zero attached hydrogens (tertiary/aromatic N) is 3. The van der Waals surface area contributed by atoms with Crippen LogP contribution in [0.1, 0.15) is 5.56 Å². The molecule has 0 amide bonds. The summed E-state index contributed by atoms with van der Waals surface area (Å²) in [5.74, 6) is 2.12. The highest BCUT2D eigenvalue weighted by molar-refractivity contribution is 5.80. The first-order chi connectivity index (χ1) is 13.2. The van der Waals surface area contributed by atoms with Crippen LogP contribution in [0, 0.1) is 6.92 Å². The molecule has 0 aromatic heterocycles. The van der Waals surface area contributed by atoms with Crippen LogP contribution >= 0.6 is 0 Å². The summed E-state index contributed by atoms with van der Waals surface area (Å²) in [7, 11) is 1.80. The molecule has 0 saturated carbocycles. The summed E-state index contributed by atoms with van der Waals surface area (Å²) >= 11 is 0. The first-order valence-electron chi connectivity index (χ1n) is 9.35. The number of phenolic OH excluding ortho intramolecular Hbond substituents is 1. The van der Waals surface area contributed by atoms with Gasteiger partial charge in [-0.3, -0.25) is 4.99 Å². The molecule has 1 fully saturated rings. The predicted octanol–water partition coefficient (Wildman–Crippen LogP) is 2.48. The fourth-order valence-electron chi connectivity index (χ4n) is 3.26. The van der Waals surface area contributed by atoms with Crippen LogP contribution in [0.4, 0.5) is 5.69 Å². The molecule has 6 heteroatoms. The molecule has 27 heavy (non-hydrogen) atoms. The van der Waals surface area contributed by atoms with Crippen LogP contribution < -0.4 is 15.0 Å². The lowest BCUT2D eigenvalue weighted by Crippen LogP contribution is -2.53. The minimum Gasteiger partial charge on any atom is -0.506 e. The highest BCUT2D eigenvalue weighted by Crippen LogP contribution is 2.27. The molecule has 2 aromatic rings. The molecule has 2 N–H and O–H groups in total. The number of para-hydroxylation sites is 2. The number of aromatic hydroxyl groups is 1. The Kier molecular flexibility index (Phi) is 6.41. The van der Waals surface area contributed by atoms with Crippen molar-refractivity contribution in [3.05, 3.63) is 54.1 Å². The summed E-state index contributed by atoms with van der Waals surface area (Å²) in [5.41, 5.74) is 2.09. The molecule has 0 atom stereocenters. The zero-order chi connectivity index (χ0) is 19.1. The Morgan fingerprint density at radius 2 is 1.89 bits per heavy atom. The molecule has 0 unspecified atom stereocenters. The Morgan fingerprint density at radius 3 is 2.59 bits per heavy atom. The maximum absolute atomic E-state index is 10.0. The van der Waals surface area contributed by atoms with E-state index in [0.717, 1.165) is 43.6 Å². The maximum Gasteiger partial charge on any atom is 0.193 e. The number of piperazine rings is 1. The molecule has 2 aromatic carbocycles. The second-order valence-electron chi connectivity index (χ2n) is 6.60. The van der Waals surface area contributed by atoms with E-state index >= 15 is 0 Å². The molecule has 0 aliphatic carbocycles. The average Bonchev–Trinajstić information content (AvgIpc) is 2.69. The summed E-state index contributed by atoms with van der Waals surface area (Å²) in [4.78, 5) is 8.84. The van der Waals surface area contributed by atoms with E-state index in [4.69, 9.17) is 4.74 Å². The molecular weight excluding hydrogens is 340 g/mol. The van der Waals surface area contributed by atoms with Crippen molar-refractivity contribution in [2.75, 3.05) is 51.3 Å². The Balaban J connectivity index is 1.44. The Morgan fingerprint density at radius 1 is 1.11 bits per heavy atom. The van der Waals surface area contributed by atoms with E-state index in [2.05, 4.69) is 33.1 Å². The monoisotopic (exact) mass is 368 g/mol. The van der Waals surface area contributed by atoms with Crippen molar-refractivity contribution in [1.82, 2.24) is 10.2 Å². The molecule has 144 valence electrons. The second-order valence-corrected chi connectivity index (χ2v) is 6.60. The third-order valence-electron chi connectivity index (χ3n) is 4.66. The van der Waals surface area contributed by atoms with Gasteiger partial charge in [-0.15, -0.1) is 0 Å². The van der Waals surface area contributed by atoms with Gasteiger partial charge in [0.1, 0.15) is 18.1 Å². The quantitative estimate of drug-likeness (QED) is 0.482. The van der Waals surface area contributed by atoms with Gasteiger partial charge in [-0.05, 0) is 36.8 Å². The minimum atomic E-state index is 0.335. The first-order valence-corrected chi connectivity index (χ1v) is 9.35. The van der Waals surface area contributed by atoms with Crippen molar-refractivity contribution >= 4 is 11.6 Å². The molecule has 1 heterocycles. The summed E-state index contributed by atoms with van der Waals surface area (Å²) in [6.45, 7) is 6.73. The van der Waals surface area contributed by atoms with Gasteiger partial charge in [-0.1, -0.05) is 24.3 Å². The van der Waals surface area contributed by atoms with Gasteiger partial charge in [0.25, 0.3) is 0 Å². The van der Waals surface area contributed by atoms with Crippen molar-refractivity contribution in [3.8, 4) is 11.5 Å². The number of guanidine groups is 1. The van der Waals surface area contributed by atoms with Crippen LogP contribution in [0.25, 0.3) is 0 Å². The van der Waals surface area contributed by atoms with E-state index in [9.17, 15) is 5.11 Å². The second kappa shape index (κ2) is 9.16. The first kappa shape index (κ1) is 18.9. The van der Waals surface area contributed by atoms with Crippen molar-refractivity contribution in [2.45, 2.75) is 6.92 Å². The SMILES string of the molecule is CN=C(NCCOc1cccc(C)c1)N1CCN(c2ccccc2O)CC1. The van der Waals surface area contributed by atoms with Crippen LogP contribution in [0.15, 0.2) is 53.5 Å². The number of aryl methyl sites for hydroxylation is 1. The Labute approximate surface area is 161 Å². The largest absolute Gasteiger partial charge is 0.506 e. The maximum atomic E-state index is 10.0. The Bertz CT molecular complexity index is 770. The number of phenols is 1. The van der Waals surface area contributed by atoms with Crippen LogP contribution in [-0.2, 0) is 0 Å². The van der Waals surface area contributed by atoms with Gasteiger partial charge < -0.3 is 25.0 Å². The molecule has 3 rings (SSSR count). The fourth-order valence-corrected chi connectivity index (χ4v) is 3.26. The standard InChI is InChI=1S/C21H28N4O2/c1-17-6-5-7-18(16-17)27-15-10-23-21(22-2)25-13-11-24(12-14-25)19-8-3-4-9-20(19)26/h3-9,16,26H,10-15H2,1-2H3,(H,22,23). The van der Waals surface area contributed by atoms with Crippen LogP contribution in [0.2, 0.25) is 0 Å². The zero-order valence-corrected chi connectivity index (χ0v) is 16.1. The van der Waals surface area contributed by atoms with Gasteiger partial charge in [-0.2, -0.15) is 0 Å². The molecule has 1 aliphatic rings. The highest BCUT2D eigenvalue weighted by atomic mass is 16.5. The van der Waals surface area contributed by atoms with Gasteiger partial charge in [0.2, 0.25) is 0 Å². The lowest BCUT2D eigenvalue weighted by atomic mass is 10.2. The smallest absolute Gasteiger partial charge is 0.193 e. The van der Waals surface area contributed by atoms with E-state index in [1.165, 1.54) is 5.56 Å². The molecule has 0 bridgehead atoms. The van der Waals surface area contributed by atoms with Gasteiger partial charge in [0.05, 0.1) is 12.2 Å². The van der Waals surface area contributed by atoms with Gasteiger partial charge in [-0.25, -0.2) is 0 Å². The van der Waals surface area contributed by atoms with E-state index in [0.29, 0.717) is 18.9 Å². The summed E-state index contributed by atoms with van der Waals surface area (Å²) < 4.78 is 5.79. The van der Waals surface area contributed by atoms with Crippen molar-refractivity contribution in [1.29, 1.82) is 0 Å². The van der Waals surface area contributed by atoms with Crippen LogP contribution in [-0.4, -0.2) is 62.3 Å². The lowest BCUT2D eigenvalue weighted by Gasteiger charge is -2.37. The van der Waals surface area contributed by atoms with Crippen molar-refractivity contribution in [2.24, 2.45) is 4.99 Å². The summed E-state index contributed by atoms with van der Waals surface area (Å²) in [5, 5.41) is 13.4. The van der Waals surface area contributed by atoms with E-state index in [1.54, 1.807) is 13.1 Å². The average molecular weight is 368 g/mol. The Hall–Kier alpha value is -2.89. The highest BCUT2D eigenvalue weighted by Gasteiger charge is 2.21. The summed E-state index contributed by atoms with van der Waals surface area (Å²) in [6, 6.07) is 15.6. The predicted molar refractivity (Wildman–Crippen MR) is 110 cm³/mol. The molecule has 1 aliphatic heterocycles. The van der Waals surface area contributed by atoms with Crippen LogP contribution in [0.3, 0.4) is 0 Å². The van der Waals surface area contributed by atoms with Gasteiger partial charge in [0, 0.05) is 33.2 Å². The van der Waals surface area contributed by atoms with Crippen LogP contribution in [0.5, 0.6) is 11.5 Å². The molecular formula is C21H28N4O2. The number of hydrogen-bond acceptors (Lipinski definition) is 4. The van der Waals surface area contributed by atoms with E-state index in [-0.39, 0.29) is 0 Å². The topological polar surface area (TPSA) is 60.3 Å². The normalized spacial score (nSPS) is 15.0. The number of aliphatic imine (C=N–C) groups is 1. The molecule has 1 saturated heterocycles. The number of anilines is 1. The number of rotatable bonds is 5. The number of nitrogens with one attached hydrogen (secondary N) is 1. The zero-order valence-electron chi connectivity index (χ0n) is 16.1. The third-order valence-corrected chi connectivity index (χ3v) is 4.66. The fraction of sp³-hybridized carbons (Fsp3) is 0.381. The molecule has 0 radical (unpaired) electrons. The number of benzene rings is 2. The van der Waals surface area contributed by atoms with Gasteiger partial charge in [0.15, 0.2) is 5.96 Å². The van der Waals surface area contributed by atoms with Crippen molar-refractivity contribution in [3.63, 3.8) is 0 Å². The third kappa shape index (κ3) is 5.06. The number of hydrogen-bond donors (Lipinski definition) is 2. The molecule has 0 spiro atoms. The molecule has 6 nitrogen and oxygen atoms in total. The van der Waals surface area contributed by atoms with Gasteiger partial charge >= 0.3 is 0 Å². The lowest BCUT2D eigenvalue weighted by molar-refractivity contribution is 0.314. The summed E-state index contributed by atoms with van der Waals surface area (Å²) in [6.07, 6.45) is 0. The number of ether oxygens (including phenoxy) is 1.